The molecule has 0 aliphatic carbocycles. The number of morpholine rings is 1. The predicted molar refractivity (Wildman–Crippen MR) is 108 cm³/mol. The highest BCUT2D eigenvalue weighted by Gasteiger charge is 2.22. The van der Waals surface area contributed by atoms with Gasteiger partial charge in [-0.25, -0.2) is 0 Å². The molecule has 0 N–H and O–H groups in total. The van der Waals surface area contributed by atoms with E-state index in [1.54, 1.807) is 0 Å². The van der Waals surface area contributed by atoms with E-state index in [4.69, 9.17) is 20.9 Å². The Morgan fingerprint density at radius 2 is 2.04 bits per heavy atom. The van der Waals surface area contributed by atoms with Crippen molar-refractivity contribution in [1.29, 1.82) is 0 Å². The molecule has 0 radical (unpaired) electrons. The van der Waals surface area contributed by atoms with E-state index in [0.717, 1.165) is 36.3 Å². The van der Waals surface area contributed by atoms with Crippen LogP contribution in [0.1, 0.15) is 17.6 Å². The van der Waals surface area contributed by atoms with Gasteiger partial charge in [0.15, 0.2) is 0 Å². The third-order valence-electron chi connectivity index (χ3n) is 4.59. The zero-order valence-corrected chi connectivity index (χ0v) is 17.0. The lowest BCUT2D eigenvalue weighted by molar-refractivity contribution is -0.0300. The van der Waals surface area contributed by atoms with E-state index in [-0.39, 0.29) is 6.10 Å². The van der Waals surface area contributed by atoms with Gasteiger partial charge >= 0.3 is 0 Å². The molecular formula is C20H19BrClN3O2. The van der Waals surface area contributed by atoms with Crippen molar-refractivity contribution in [3.8, 4) is 11.4 Å². The molecule has 0 saturated carbocycles. The number of ether oxygens (including phenoxy) is 1. The molecule has 7 heteroatoms. The summed E-state index contributed by atoms with van der Waals surface area (Å²) in [4.78, 5) is 6.87. The van der Waals surface area contributed by atoms with Crippen LogP contribution in [0.3, 0.4) is 0 Å². The summed E-state index contributed by atoms with van der Waals surface area (Å²) >= 11 is 9.50. The van der Waals surface area contributed by atoms with Crippen LogP contribution in [-0.2, 0) is 11.2 Å². The normalized spacial score (nSPS) is 17.9. The number of aromatic nitrogens is 2. The van der Waals surface area contributed by atoms with Crippen molar-refractivity contribution in [2.75, 3.05) is 26.2 Å². The second kappa shape index (κ2) is 8.52. The van der Waals surface area contributed by atoms with Crippen molar-refractivity contribution in [2.45, 2.75) is 12.5 Å². The molecule has 1 saturated heterocycles. The first-order valence-electron chi connectivity index (χ1n) is 8.85. The Balaban J connectivity index is 1.35. The van der Waals surface area contributed by atoms with Gasteiger partial charge in [-0.15, -0.1) is 0 Å². The van der Waals surface area contributed by atoms with E-state index in [1.807, 2.05) is 36.4 Å². The van der Waals surface area contributed by atoms with E-state index < -0.39 is 0 Å². The van der Waals surface area contributed by atoms with Crippen molar-refractivity contribution in [3.63, 3.8) is 0 Å². The first kappa shape index (κ1) is 18.6. The van der Waals surface area contributed by atoms with Gasteiger partial charge in [-0.2, -0.15) is 4.98 Å². The van der Waals surface area contributed by atoms with E-state index >= 15 is 0 Å². The van der Waals surface area contributed by atoms with Crippen molar-refractivity contribution in [2.24, 2.45) is 0 Å². The van der Waals surface area contributed by atoms with Gasteiger partial charge in [-0.1, -0.05) is 57.0 Å². The minimum atomic E-state index is 0.0940. The van der Waals surface area contributed by atoms with Crippen molar-refractivity contribution in [3.05, 3.63) is 69.5 Å². The minimum Gasteiger partial charge on any atom is -0.371 e. The number of halogens is 2. The largest absolute Gasteiger partial charge is 0.371 e. The van der Waals surface area contributed by atoms with Crippen molar-refractivity contribution >= 4 is 27.5 Å². The van der Waals surface area contributed by atoms with Gasteiger partial charge in [-0.05, 0) is 29.8 Å². The highest BCUT2D eigenvalue weighted by molar-refractivity contribution is 9.10. The van der Waals surface area contributed by atoms with Crippen molar-refractivity contribution in [1.82, 2.24) is 15.0 Å². The van der Waals surface area contributed by atoms with Crippen LogP contribution in [0.2, 0.25) is 5.02 Å². The zero-order valence-electron chi connectivity index (χ0n) is 14.6. The van der Waals surface area contributed by atoms with E-state index in [1.165, 1.54) is 5.56 Å². The molecule has 140 valence electrons. The van der Waals surface area contributed by atoms with Gasteiger partial charge in [0, 0.05) is 41.1 Å². The standard InChI is InChI=1S/C20H19BrClN3O2/c21-16-6-4-14(5-7-16)18-13-25(10-11-26-18)9-8-19-23-20(24-27-19)15-2-1-3-17(22)12-15/h1-7,12,18H,8-11,13H2. The maximum absolute atomic E-state index is 6.03. The van der Waals surface area contributed by atoms with Gasteiger partial charge in [0.05, 0.1) is 12.7 Å². The number of hydrogen-bond acceptors (Lipinski definition) is 5. The van der Waals surface area contributed by atoms with Crippen LogP contribution in [0.4, 0.5) is 0 Å². The molecule has 0 bridgehead atoms. The van der Waals surface area contributed by atoms with E-state index in [0.29, 0.717) is 23.2 Å². The topological polar surface area (TPSA) is 51.4 Å². The Labute approximate surface area is 171 Å². The van der Waals surface area contributed by atoms with Gasteiger partial charge in [0.1, 0.15) is 0 Å². The summed E-state index contributed by atoms with van der Waals surface area (Å²) < 4.78 is 12.4. The molecule has 0 amide bonds. The lowest BCUT2D eigenvalue weighted by Gasteiger charge is -2.32. The average molecular weight is 449 g/mol. The Kier molecular flexibility index (Phi) is 5.88. The van der Waals surface area contributed by atoms with E-state index in [2.05, 4.69) is 43.1 Å². The molecule has 2 aromatic carbocycles. The first-order valence-corrected chi connectivity index (χ1v) is 10.0. The van der Waals surface area contributed by atoms with Crippen LogP contribution in [0.15, 0.2) is 57.5 Å². The molecule has 0 spiro atoms. The third-order valence-corrected chi connectivity index (χ3v) is 5.35. The smallest absolute Gasteiger partial charge is 0.228 e. The summed E-state index contributed by atoms with van der Waals surface area (Å²) in [6.07, 6.45) is 0.803. The Hall–Kier alpha value is -1.73. The molecule has 1 aliphatic rings. The van der Waals surface area contributed by atoms with Crippen LogP contribution >= 0.6 is 27.5 Å². The SMILES string of the molecule is Clc1cccc(-c2noc(CCN3CCOC(c4ccc(Br)cc4)C3)n2)c1. The van der Waals surface area contributed by atoms with Crippen LogP contribution in [0.5, 0.6) is 0 Å². The van der Waals surface area contributed by atoms with Gasteiger partial charge in [0.2, 0.25) is 11.7 Å². The molecule has 4 rings (SSSR count). The highest BCUT2D eigenvalue weighted by atomic mass is 79.9. The van der Waals surface area contributed by atoms with Gasteiger partial charge in [-0.3, -0.25) is 4.90 Å². The van der Waals surface area contributed by atoms with Gasteiger partial charge in [0.25, 0.3) is 0 Å². The summed E-state index contributed by atoms with van der Waals surface area (Å²) in [7, 11) is 0. The van der Waals surface area contributed by atoms with Crippen LogP contribution in [0, 0.1) is 0 Å². The molecule has 3 aromatic rings. The molecule has 1 aliphatic heterocycles. The molecule has 1 atom stereocenters. The molecule has 1 fully saturated rings. The maximum Gasteiger partial charge on any atom is 0.228 e. The lowest BCUT2D eigenvalue weighted by atomic mass is 10.1. The second-order valence-corrected chi connectivity index (χ2v) is 7.84. The molecular weight excluding hydrogens is 430 g/mol. The number of hydrogen-bond donors (Lipinski definition) is 0. The molecule has 1 unspecified atom stereocenters. The third kappa shape index (κ3) is 4.76. The molecule has 2 heterocycles. The van der Waals surface area contributed by atoms with Crippen molar-refractivity contribution < 1.29 is 9.26 Å². The molecule has 27 heavy (non-hydrogen) atoms. The van der Waals surface area contributed by atoms with E-state index in [9.17, 15) is 0 Å². The summed E-state index contributed by atoms with van der Waals surface area (Å²) in [6.45, 7) is 3.34. The van der Waals surface area contributed by atoms with Crippen LogP contribution in [-0.4, -0.2) is 41.3 Å². The summed E-state index contributed by atoms with van der Waals surface area (Å²) in [5.41, 5.74) is 2.06. The number of nitrogens with zero attached hydrogens (tertiary/aromatic N) is 3. The Bertz CT molecular complexity index is 900. The second-order valence-electron chi connectivity index (χ2n) is 6.48. The Morgan fingerprint density at radius 1 is 1.19 bits per heavy atom. The molecule has 1 aromatic heterocycles. The fourth-order valence-corrected chi connectivity index (χ4v) is 3.59. The highest BCUT2D eigenvalue weighted by Crippen LogP contribution is 2.24. The predicted octanol–water partition coefficient (Wildman–Crippen LogP) is 4.77. The zero-order chi connectivity index (χ0) is 18.6. The molecule has 5 nitrogen and oxygen atoms in total. The summed E-state index contributed by atoms with van der Waals surface area (Å²) in [5, 5.41) is 4.73. The van der Waals surface area contributed by atoms with Crippen LogP contribution < -0.4 is 0 Å². The fourth-order valence-electron chi connectivity index (χ4n) is 3.14. The fraction of sp³-hybridized carbons (Fsp3) is 0.300. The monoisotopic (exact) mass is 447 g/mol. The number of benzene rings is 2. The summed E-state index contributed by atoms with van der Waals surface area (Å²) in [6, 6.07) is 15.8. The quantitative estimate of drug-likeness (QED) is 0.563. The Morgan fingerprint density at radius 3 is 2.85 bits per heavy atom. The van der Waals surface area contributed by atoms with Gasteiger partial charge < -0.3 is 9.26 Å². The lowest BCUT2D eigenvalue weighted by Crippen LogP contribution is -2.39. The number of rotatable bonds is 5. The summed E-state index contributed by atoms with van der Waals surface area (Å²) in [5.74, 6) is 1.21. The minimum absolute atomic E-state index is 0.0940. The maximum atomic E-state index is 6.03. The van der Waals surface area contributed by atoms with Crippen LogP contribution in [0.25, 0.3) is 11.4 Å². The first-order chi connectivity index (χ1) is 13.2. The average Bonchev–Trinajstić information content (AvgIpc) is 3.16.